The van der Waals surface area contributed by atoms with Crippen LogP contribution in [0.2, 0.25) is 10.0 Å². The van der Waals surface area contributed by atoms with Crippen LogP contribution in [0, 0.1) is 11.3 Å². The van der Waals surface area contributed by atoms with E-state index in [0.29, 0.717) is 36.8 Å². The minimum absolute atomic E-state index is 0.181. The van der Waals surface area contributed by atoms with E-state index in [1.165, 1.54) is 29.8 Å². The predicted molar refractivity (Wildman–Crippen MR) is 130 cm³/mol. The van der Waals surface area contributed by atoms with Crippen molar-refractivity contribution in [1.82, 2.24) is 0 Å². The Bertz CT molecular complexity index is 1190. The lowest BCUT2D eigenvalue weighted by Crippen LogP contribution is -2.26. The van der Waals surface area contributed by atoms with Crippen LogP contribution in [0.5, 0.6) is 0 Å². The van der Waals surface area contributed by atoms with Crippen molar-refractivity contribution >= 4 is 72.8 Å². The zero-order chi connectivity index (χ0) is 22.5. The molecule has 3 aromatic rings. The lowest BCUT2D eigenvalue weighted by Gasteiger charge is -2.33. The van der Waals surface area contributed by atoms with E-state index in [2.05, 4.69) is 26.1 Å². The Hall–Kier alpha value is -1.60. The van der Waals surface area contributed by atoms with Gasteiger partial charge in [-0.15, -0.1) is 22.7 Å². The third-order valence-corrected chi connectivity index (χ3v) is 9.05. The van der Waals surface area contributed by atoms with Gasteiger partial charge in [-0.3, -0.25) is 4.79 Å². The number of hydrogen-bond acceptors (Lipinski definition) is 5. The van der Waals surface area contributed by atoms with Gasteiger partial charge in [0.1, 0.15) is 9.88 Å². The number of hydrogen-bond donors (Lipinski definition) is 1. The van der Waals surface area contributed by atoms with Crippen molar-refractivity contribution < 1.29 is 14.3 Å². The highest BCUT2D eigenvalue weighted by Gasteiger charge is 2.34. The van der Waals surface area contributed by atoms with Gasteiger partial charge in [-0.2, -0.15) is 0 Å². The van der Waals surface area contributed by atoms with Gasteiger partial charge in [-0.1, -0.05) is 50.0 Å². The van der Waals surface area contributed by atoms with E-state index in [0.717, 1.165) is 34.4 Å². The first-order chi connectivity index (χ1) is 14.6. The van der Waals surface area contributed by atoms with Crippen molar-refractivity contribution in [3.05, 3.63) is 49.1 Å². The second-order valence-corrected chi connectivity index (χ2v) is 11.8. The minimum Gasteiger partial charge on any atom is -0.465 e. The molecule has 1 atom stereocenters. The first-order valence-corrected chi connectivity index (χ1v) is 12.4. The Labute approximate surface area is 199 Å². The molecule has 1 unspecified atom stereocenters. The van der Waals surface area contributed by atoms with E-state index in [4.69, 9.17) is 27.9 Å². The van der Waals surface area contributed by atoms with Crippen LogP contribution in [0.25, 0.3) is 10.1 Å². The van der Waals surface area contributed by atoms with E-state index in [9.17, 15) is 9.59 Å². The van der Waals surface area contributed by atoms with Gasteiger partial charge in [0.25, 0.3) is 5.91 Å². The number of carbonyl (C=O) groups excluding carboxylic acids is 2. The average Bonchev–Trinajstić information content (AvgIpc) is 3.24. The number of anilines is 1. The number of rotatable bonds is 3. The molecule has 1 aliphatic rings. The molecule has 4 nitrogen and oxygen atoms in total. The molecule has 4 rings (SSSR count). The van der Waals surface area contributed by atoms with Crippen LogP contribution in [-0.2, 0) is 17.6 Å². The average molecular weight is 496 g/mol. The van der Waals surface area contributed by atoms with E-state index in [-0.39, 0.29) is 11.3 Å². The third-order valence-electron chi connectivity index (χ3n) is 5.92. The summed E-state index contributed by atoms with van der Waals surface area (Å²) in [4.78, 5) is 27.3. The molecule has 0 fully saturated rings. The fourth-order valence-corrected chi connectivity index (χ4v) is 7.27. The van der Waals surface area contributed by atoms with E-state index in [1.807, 2.05) is 12.1 Å². The van der Waals surface area contributed by atoms with Gasteiger partial charge in [0.05, 0.1) is 22.7 Å². The zero-order valence-electron chi connectivity index (χ0n) is 17.7. The van der Waals surface area contributed by atoms with Crippen molar-refractivity contribution in [1.29, 1.82) is 0 Å². The number of halogens is 2. The second-order valence-electron chi connectivity index (χ2n) is 8.82. The molecule has 0 radical (unpaired) electrons. The summed E-state index contributed by atoms with van der Waals surface area (Å²) in [7, 11) is 1.36. The number of nitrogens with one attached hydrogen (secondary N) is 1. The summed E-state index contributed by atoms with van der Waals surface area (Å²) in [5.41, 5.74) is 1.65. The molecular weight excluding hydrogens is 473 g/mol. The fraction of sp³-hybridized carbons (Fsp3) is 0.391. The summed E-state index contributed by atoms with van der Waals surface area (Å²) in [5, 5.41) is 4.97. The number of amides is 1. The Balaban J connectivity index is 1.71. The van der Waals surface area contributed by atoms with E-state index in [1.54, 1.807) is 6.07 Å². The number of esters is 1. The third kappa shape index (κ3) is 4.11. The summed E-state index contributed by atoms with van der Waals surface area (Å²) in [6.07, 6.45) is 2.70. The SMILES string of the molecule is COC(=O)c1c(NC(=O)c2sc3cccc(Cl)c3c2Cl)sc2c1CCC(C(C)(C)C)C2. The summed E-state index contributed by atoms with van der Waals surface area (Å²) in [6, 6.07) is 5.46. The van der Waals surface area contributed by atoms with Crippen LogP contribution in [0.3, 0.4) is 0 Å². The fourth-order valence-electron chi connectivity index (χ4n) is 4.11. The molecule has 0 aliphatic heterocycles. The molecule has 0 saturated heterocycles. The van der Waals surface area contributed by atoms with Crippen LogP contribution >= 0.6 is 45.9 Å². The Morgan fingerprint density at radius 3 is 2.58 bits per heavy atom. The molecule has 164 valence electrons. The molecule has 2 aromatic heterocycles. The van der Waals surface area contributed by atoms with Gasteiger partial charge in [0, 0.05) is 15.0 Å². The molecule has 1 N–H and O–H groups in total. The second kappa shape index (κ2) is 8.39. The summed E-state index contributed by atoms with van der Waals surface area (Å²) in [5.74, 6) is -0.252. The number of fused-ring (bicyclic) bond motifs is 2. The van der Waals surface area contributed by atoms with Crippen molar-refractivity contribution in [2.45, 2.75) is 40.0 Å². The Kier molecular flexibility index (Phi) is 6.12. The molecule has 1 aliphatic carbocycles. The monoisotopic (exact) mass is 495 g/mol. The summed E-state index contributed by atoms with van der Waals surface area (Å²) in [6.45, 7) is 6.73. The van der Waals surface area contributed by atoms with Gasteiger partial charge in [0.15, 0.2) is 0 Å². The quantitative estimate of drug-likeness (QED) is 0.383. The molecule has 1 aromatic carbocycles. The van der Waals surface area contributed by atoms with Crippen LogP contribution in [0.4, 0.5) is 5.00 Å². The predicted octanol–water partition coefficient (Wildman–Crippen LogP) is 7.46. The molecular formula is C23H23Cl2NO3S2. The van der Waals surface area contributed by atoms with E-state index >= 15 is 0 Å². The smallest absolute Gasteiger partial charge is 0.341 e. The van der Waals surface area contributed by atoms with Gasteiger partial charge in [-0.25, -0.2) is 4.79 Å². The first kappa shape index (κ1) is 22.6. The number of methoxy groups -OCH3 is 1. The van der Waals surface area contributed by atoms with Crippen LogP contribution < -0.4 is 5.32 Å². The van der Waals surface area contributed by atoms with E-state index < -0.39 is 5.97 Å². The first-order valence-electron chi connectivity index (χ1n) is 10.0. The zero-order valence-corrected chi connectivity index (χ0v) is 20.9. The Morgan fingerprint density at radius 1 is 1.19 bits per heavy atom. The van der Waals surface area contributed by atoms with Gasteiger partial charge >= 0.3 is 5.97 Å². The van der Waals surface area contributed by atoms with Crippen LogP contribution in [-0.4, -0.2) is 19.0 Å². The minimum atomic E-state index is -0.424. The van der Waals surface area contributed by atoms with Gasteiger partial charge in [0.2, 0.25) is 0 Å². The molecule has 0 spiro atoms. The highest BCUT2D eigenvalue weighted by atomic mass is 35.5. The molecule has 31 heavy (non-hydrogen) atoms. The molecule has 0 saturated carbocycles. The maximum atomic E-state index is 13.1. The maximum absolute atomic E-state index is 13.1. The lowest BCUT2D eigenvalue weighted by atomic mass is 9.72. The number of benzene rings is 1. The van der Waals surface area contributed by atoms with Gasteiger partial charge in [-0.05, 0) is 48.3 Å². The van der Waals surface area contributed by atoms with Crippen LogP contribution in [0.15, 0.2) is 18.2 Å². The molecule has 8 heteroatoms. The molecule has 2 heterocycles. The van der Waals surface area contributed by atoms with Crippen molar-refractivity contribution in [3.8, 4) is 0 Å². The normalized spacial score (nSPS) is 16.3. The largest absolute Gasteiger partial charge is 0.465 e. The standard InChI is InChI=1S/C23H23Cl2NO3S2/c1-23(2,3)11-8-9-12-15(10-11)31-21(16(12)22(28)29-4)26-20(27)19-18(25)17-13(24)6-5-7-14(17)30-19/h5-7,11H,8-10H2,1-4H3,(H,26,27). The molecule has 1 amide bonds. The highest BCUT2D eigenvalue weighted by Crippen LogP contribution is 2.45. The highest BCUT2D eigenvalue weighted by molar-refractivity contribution is 7.22. The molecule has 0 bridgehead atoms. The number of carbonyl (C=O) groups is 2. The summed E-state index contributed by atoms with van der Waals surface area (Å²) < 4.78 is 5.89. The topological polar surface area (TPSA) is 55.4 Å². The van der Waals surface area contributed by atoms with Crippen molar-refractivity contribution in [2.75, 3.05) is 12.4 Å². The number of ether oxygens (including phenoxy) is 1. The van der Waals surface area contributed by atoms with Gasteiger partial charge < -0.3 is 10.1 Å². The number of thiophene rings is 2. The Morgan fingerprint density at radius 2 is 1.94 bits per heavy atom. The van der Waals surface area contributed by atoms with Crippen LogP contribution in [0.1, 0.15) is 57.7 Å². The van der Waals surface area contributed by atoms with Crippen molar-refractivity contribution in [2.24, 2.45) is 11.3 Å². The maximum Gasteiger partial charge on any atom is 0.341 e. The summed E-state index contributed by atoms with van der Waals surface area (Å²) >= 11 is 15.5. The van der Waals surface area contributed by atoms with Crippen molar-refractivity contribution in [3.63, 3.8) is 0 Å². The lowest BCUT2D eigenvalue weighted by molar-refractivity contribution is 0.0600.